The lowest BCUT2D eigenvalue weighted by Crippen LogP contribution is -2.62. The van der Waals surface area contributed by atoms with Gasteiger partial charge in [-0.1, -0.05) is 19.4 Å². The number of rotatable bonds is 2. The Morgan fingerprint density at radius 1 is 1.19 bits per heavy atom. The quantitative estimate of drug-likeness (QED) is 0.696. The summed E-state index contributed by atoms with van der Waals surface area (Å²) in [6.45, 7) is 3.58. The minimum atomic E-state index is -1.41. The van der Waals surface area contributed by atoms with Gasteiger partial charge in [-0.2, -0.15) is 0 Å². The van der Waals surface area contributed by atoms with Crippen molar-refractivity contribution >= 4 is 11.6 Å². The molecule has 0 aromatic rings. The van der Waals surface area contributed by atoms with Crippen LogP contribution in [-0.4, -0.2) is 45.2 Å². The fraction of sp³-hybridized carbons (Fsp3) is 0.810. The molecule has 26 heavy (non-hydrogen) atoms. The summed E-state index contributed by atoms with van der Waals surface area (Å²) in [5.74, 6) is 0.568. The highest BCUT2D eigenvalue weighted by Gasteiger charge is 2.68. The third-order valence-corrected chi connectivity index (χ3v) is 8.59. The second-order valence-corrected chi connectivity index (χ2v) is 9.56. The number of ketones is 2. The molecule has 4 aliphatic rings. The highest BCUT2D eigenvalue weighted by atomic mass is 16.4. The van der Waals surface area contributed by atoms with Gasteiger partial charge in [-0.05, 0) is 55.4 Å². The Labute approximate surface area is 154 Å². The number of aliphatic hydroxyl groups is 3. The first kappa shape index (κ1) is 18.3. The van der Waals surface area contributed by atoms with E-state index in [2.05, 4.69) is 6.92 Å². The Morgan fingerprint density at radius 2 is 1.92 bits per heavy atom. The molecule has 4 aliphatic carbocycles. The predicted octanol–water partition coefficient (Wildman–Crippen LogP) is 1.78. The van der Waals surface area contributed by atoms with Crippen LogP contribution in [0.1, 0.15) is 58.8 Å². The van der Waals surface area contributed by atoms with Crippen molar-refractivity contribution in [3.8, 4) is 0 Å². The van der Waals surface area contributed by atoms with Gasteiger partial charge < -0.3 is 15.3 Å². The van der Waals surface area contributed by atoms with Crippen molar-refractivity contribution < 1.29 is 24.9 Å². The van der Waals surface area contributed by atoms with Crippen molar-refractivity contribution in [1.29, 1.82) is 0 Å². The van der Waals surface area contributed by atoms with E-state index in [-0.39, 0.29) is 41.2 Å². The number of Topliss-reactive ketones (excluding diaryl/α,β-unsaturated/α-hetero) is 1. The highest BCUT2D eigenvalue weighted by molar-refractivity contribution is 5.93. The van der Waals surface area contributed by atoms with Gasteiger partial charge >= 0.3 is 0 Å². The molecule has 7 atom stereocenters. The standard InChI is InChI=1S/C21H30O5/c1-19-7-5-13(23)9-12(19)3-4-14-15-6-8-21(26,17(25)11-22)20(15,2)10-16(24)18(14)19/h9,14-15,17-18,22,25-26H,3-8,10-11H2,1-2H3/t14-,15-,17-,18+,19-,20-,21+/m0/s1. The maximum Gasteiger partial charge on any atom is 0.155 e. The minimum absolute atomic E-state index is 0.0951. The summed E-state index contributed by atoms with van der Waals surface area (Å²) < 4.78 is 0. The van der Waals surface area contributed by atoms with Gasteiger partial charge in [0.25, 0.3) is 0 Å². The molecular weight excluding hydrogens is 332 g/mol. The monoisotopic (exact) mass is 362 g/mol. The second kappa shape index (κ2) is 5.73. The largest absolute Gasteiger partial charge is 0.394 e. The van der Waals surface area contributed by atoms with Crippen LogP contribution in [-0.2, 0) is 9.59 Å². The van der Waals surface area contributed by atoms with Gasteiger partial charge in [-0.25, -0.2) is 0 Å². The predicted molar refractivity (Wildman–Crippen MR) is 95.1 cm³/mol. The molecule has 0 spiro atoms. The summed E-state index contributed by atoms with van der Waals surface area (Å²) in [5, 5.41) is 31.0. The summed E-state index contributed by atoms with van der Waals surface area (Å²) in [6.07, 6.45) is 4.93. The Balaban J connectivity index is 1.74. The van der Waals surface area contributed by atoms with Gasteiger partial charge in [0.05, 0.1) is 12.2 Å². The molecule has 0 heterocycles. The lowest BCUT2D eigenvalue weighted by Gasteiger charge is -2.58. The Bertz CT molecular complexity index is 684. The Hall–Kier alpha value is -1.04. The maximum absolute atomic E-state index is 13.3. The van der Waals surface area contributed by atoms with Crippen LogP contribution in [0.3, 0.4) is 0 Å². The van der Waals surface area contributed by atoms with Gasteiger partial charge in [0.2, 0.25) is 0 Å². The Kier molecular flexibility index (Phi) is 4.04. The van der Waals surface area contributed by atoms with Crippen LogP contribution < -0.4 is 0 Å². The van der Waals surface area contributed by atoms with Crippen molar-refractivity contribution in [2.24, 2.45) is 28.6 Å². The molecule has 144 valence electrons. The molecule has 4 rings (SSSR count). The molecule has 3 saturated carbocycles. The lowest BCUT2D eigenvalue weighted by atomic mass is 9.45. The number of fused-ring (bicyclic) bond motifs is 5. The third-order valence-electron chi connectivity index (χ3n) is 8.59. The van der Waals surface area contributed by atoms with Gasteiger partial charge in [0, 0.05) is 24.2 Å². The second-order valence-electron chi connectivity index (χ2n) is 9.56. The van der Waals surface area contributed by atoms with E-state index in [1.807, 2.05) is 6.92 Å². The zero-order valence-corrected chi connectivity index (χ0v) is 15.7. The molecular formula is C21H30O5. The molecule has 0 aliphatic heterocycles. The highest BCUT2D eigenvalue weighted by Crippen LogP contribution is 2.66. The van der Waals surface area contributed by atoms with Gasteiger partial charge in [-0.15, -0.1) is 0 Å². The molecule has 3 fully saturated rings. The van der Waals surface area contributed by atoms with Crippen LogP contribution >= 0.6 is 0 Å². The smallest absolute Gasteiger partial charge is 0.155 e. The summed E-state index contributed by atoms with van der Waals surface area (Å²) in [6, 6.07) is 0. The van der Waals surface area contributed by atoms with Crippen molar-refractivity contribution in [2.75, 3.05) is 6.61 Å². The molecule has 5 heteroatoms. The van der Waals surface area contributed by atoms with E-state index < -0.39 is 23.7 Å². The fourth-order valence-electron chi connectivity index (χ4n) is 7.12. The minimum Gasteiger partial charge on any atom is -0.394 e. The van der Waals surface area contributed by atoms with E-state index in [0.29, 0.717) is 12.8 Å². The molecule has 0 aromatic heterocycles. The van der Waals surface area contributed by atoms with Gasteiger partial charge in [0.15, 0.2) is 5.78 Å². The van der Waals surface area contributed by atoms with Crippen LogP contribution in [0.5, 0.6) is 0 Å². The molecule has 0 saturated heterocycles. The van der Waals surface area contributed by atoms with E-state index in [9.17, 15) is 24.9 Å². The third kappa shape index (κ3) is 2.14. The summed E-state index contributed by atoms with van der Waals surface area (Å²) >= 11 is 0. The average molecular weight is 362 g/mol. The molecule has 0 radical (unpaired) electrons. The van der Waals surface area contributed by atoms with E-state index >= 15 is 0 Å². The normalized spacial score (nSPS) is 49.1. The Morgan fingerprint density at radius 3 is 2.62 bits per heavy atom. The summed E-state index contributed by atoms with van der Waals surface area (Å²) in [4.78, 5) is 25.2. The number of hydrogen-bond acceptors (Lipinski definition) is 5. The molecule has 0 unspecified atom stereocenters. The van der Waals surface area contributed by atoms with Crippen LogP contribution in [0.25, 0.3) is 0 Å². The first-order valence-electron chi connectivity index (χ1n) is 9.95. The van der Waals surface area contributed by atoms with Crippen LogP contribution in [0, 0.1) is 28.6 Å². The van der Waals surface area contributed by atoms with Gasteiger partial charge in [-0.3, -0.25) is 9.59 Å². The maximum atomic E-state index is 13.3. The zero-order valence-electron chi connectivity index (χ0n) is 15.7. The van der Waals surface area contributed by atoms with Crippen molar-refractivity contribution in [1.82, 2.24) is 0 Å². The van der Waals surface area contributed by atoms with Crippen LogP contribution in [0.4, 0.5) is 0 Å². The molecule has 0 aromatic carbocycles. The first-order chi connectivity index (χ1) is 12.2. The summed E-state index contributed by atoms with van der Waals surface area (Å²) in [5.41, 5.74) is -1.22. The molecule has 0 bridgehead atoms. The number of hydrogen-bond donors (Lipinski definition) is 3. The molecule has 0 amide bonds. The summed E-state index contributed by atoms with van der Waals surface area (Å²) in [7, 11) is 0. The van der Waals surface area contributed by atoms with E-state index in [0.717, 1.165) is 31.3 Å². The SMILES string of the molecule is C[C@]12CCC(=O)C=C1CC[C@@H]1[C@@H]2C(=O)C[C@@]2(C)[C@H]1CC[C@@]2(O)[C@@H](O)CO. The number of carbonyl (C=O) groups excluding carboxylic acids is 2. The van der Waals surface area contributed by atoms with E-state index in [1.54, 1.807) is 6.08 Å². The number of aliphatic hydroxyl groups excluding tert-OH is 2. The zero-order chi connectivity index (χ0) is 18.9. The molecule has 5 nitrogen and oxygen atoms in total. The van der Waals surface area contributed by atoms with E-state index in [4.69, 9.17) is 0 Å². The lowest BCUT2D eigenvalue weighted by molar-refractivity contribution is -0.187. The van der Waals surface area contributed by atoms with Crippen molar-refractivity contribution in [2.45, 2.75) is 70.5 Å². The van der Waals surface area contributed by atoms with Gasteiger partial charge in [0.1, 0.15) is 11.9 Å². The van der Waals surface area contributed by atoms with Crippen LogP contribution in [0.15, 0.2) is 11.6 Å². The number of carbonyl (C=O) groups is 2. The molecule has 3 N–H and O–H groups in total. The van der Waals surface area contributed by atoms with Crippen molar-refractivity contribution in [3.63, 3.8) is 0 Å². The van der Waals surface area contributed by atoms with Crippen molar-refractivity contribution in [3.05, 3.63) is 11.6 Å². The van der Waals surface area contributed by atoms with E-state index in [1.165, 1.54) is 0 Å². The fourth-order valence-corrected chi connectivity index (χ4v) is 7.12. The first-order valence-corrected chi connectivity index (χ1v) is 9.95. The average Bonchev–Trinajstić information content (AvgIpc) is 2.86. The number of allylic oxidation sites excluding steroid dienone is 1. The van der Waals surface area contributed by atoms with Crippen LogP contribution in [0.2, 0.25) is 0 Å². The topological polar surface area (TPSA) is 94.8 Å².